The summed E-state index contributed by atoms with van der Waals surface area (Å²) in [6, 6.07) is 41.9. The lowest BCUT2D eigenvalue weighted by molar-refractivity contribution is 0.0895. The molecular formula is C34H24. The van der Waals surface area contributed by atoms with Crippen LogP contribution in [0.25, 0.3) is 21.9 Å². The van der Waals surface area contributed by atoms with E-state index in [1.165, 1.54) is 39.4 Å². The van der Waals surface area contributed by atoms with Crippen LogP contribution in [0.4, 0.5) is 0 Å². The van der Waals surface area contributed by atoms with Crippen LogP contribution in [-0.2, 0) is 11.8 Å². The smallest absolute Gasteiger partial charge is 0.0506 e. The van der Waals surface area contributed by atoms with Crippen molar-refractivity contribution >= 4 is 10.8 Å². The molecule has 0 saturated heterocycles. The van der Waals surface area contributed by atoms with Gasteiger partial charge in [-0.2, -0.15) is 0 Å². The van der Waals surface area contributed by atoms with Crippen LogP contribution in [0.3, 0.4) is 0 Å². The molecule has 5 aromatic carbocycles. The lowest BCUT2D eigenvalue weighted by Crippen LogP contribution is -2.48. The fraction of sp³-hybridized carbons (Fsp3) is 0.176. The van der Waals surface area contributed by atoms with Crippen molar-refractivity contribution < 1.29 is 0 Å². The minimum absolute atomic E-state index is 0.0597. The molecule has 0 heteroatoms. The van der Waals surface area contributed by atoms with Gasteiger partial charge in [-0.15, -0.1) is 0 Å². The quantitative estimate of drug-likeness (QED) is 0.234. The van der Waals surface area contributed by atoms with Gasteiger partial charge in [0.1, 0.15) is 0 Å². The summed E-state index contributed by atoms with van der Waals surface area (Å²) in [6.45, 7) is 0. The molecule has 0 aromatic heterocycles. The van der Waals surface area contributed by atoms with Gasteiger partial charge in [-0.1, -0.05) is 109 Å². The Labute approximate surface area is 199 Å². The molecule has 160 valence electrons. The van der Waals surface area contributed by atoms with Gasteiger partial charge in [-0.3, -0.25) is 0 Å². The van der Waals surface area contributed by atoms with E-state index < -0.39 is 0 Å². The molecule has 0 amide bonds. The van der Waals surface area contributed by atoms with Crippen molar-refractivity contribution in [2.75, 3.05) is 0 Å². The van der Waals surface area contributed by atoms with Crippen molar-refractivity contribution in [2.45, 2.75) is 23.7 Å². The summed E-state index contributed by atoms with van der Waals surface area (Å²) < 4.78 is 0. The van der Waals surface area contributed by atoms with E-state index in [-0.39, 0.29) is 5.41 Å². The number of rotatable bonds is 0. The predicted molar refractivity (Wildman–Crippen MR) is 138 cm³/mol. The zero-order chi connectivity index (χ0) is 22.0. The van der Waals surface area contributed by atoms with Gasteiger partial charge in [-0.05, 0) is 85.4 Å². The van der Waals surface area contributed by atoms with E-state index in [2.05, 4.69) is 109 Å². The van der Waals surface area contributed by atoms with Crippen molar-refractivity contribution in [1.29, 1.82) is 0 Å². The van der Waals surface area contributed by atoms with Gasteiger partial charge < -0.3 is 0 Å². The molecule has 0 bridgehead atoms. The molecule has 1 spiro atoms. The molecule has 0 heterocycles. The zero-order valence-corrected chi connectivity index (χ0v) is 18.9. The summed E-state index contributed by atoms with van der Waals surface area (Å²) in [5.41, 5.74) is 12.3. The molecule has 2 unspecified atom stereocenters. The second-order valence-corrected chi connectivity index (χ2v) is 10.8. The van der Waals surface area contributed by atoms with Gasteiger partial charge in [0.2, 0.25) is 0 Å². The average Bonchev–Trinajstić information content (AvgIpc) is 3.45. The van der Waals surface area contributed by atoms with E-state index >= 15 is 0 Å². The Bertz CT molecular complexity index is 1670. The Hall–Kier alpha value is -3.64. The molecule has 0 nitrogen and oxygen atoms in total. The second-order valence-electron chi connectivity index (χ2n) is 10.8. The summed E-state index contributed by atoms with van der Waals surface area (Å²) in [6.07, 6.45) is 1.23. The number of fused-ring (bicyclic) bond motifs is 17. The van der Waals surface area contributed by atoms with Gasteiger partial charge >= 0.3 is 0 Å². The molecule has 5 atom stereocenters. The first-order valence-corrected chi connectivity index (χ1v) is 12.7. The second kappa shape index (κ2) is 5.88. The summed E-state index contributed by atoms with van der Waals surface area (Å²) in [5, 5.41) is 2.74. The van der Waals surface area contributed by atoms with E-state index in [1.54, 1.807) is 22.3 Å². The van der Waals surface area contributed by atoms with E-state index in [4.69, 9.17) is 0 Å². The van der Waals surface area contributed by atoms with E-state index in [1.807, 2.05) is 0 Å². The topological polar surface area (TPSA) is 0 Å². The van der Waals surface area contributed by atoms with Crippen LogP contribution in [0.2, 0.25) is 0 Å². The molecule has 0 aliphatic heterocycles. The standard InChI is InChI=1S/C34H24/c1-3-11-22-20(9-1)17-18-29-30(22)24-13-5-7-15-27(24)34(29)28-16-8-6-14-25(28)32-26-19-21-10-2-4-12-23(21)31(26)33(32)34/h1-18,26,31-33H,19H2/t26-,31+,32?,33+,34?/m1/s1. The van der Waals surface area contributed by atoms with Crippen LogP contribution in [0, 0.1) is 11.8 Å². The Kier molecular flexibility index (Phi) is 3.08. The van der Waals surface area contributed by atoms with E-state index in [0.29, 0.717) is 17.8 Å². The summed E-state index contributed by atoms with van der Waals surface area (Å²) in [7, 11) is 0. The minimum atomic E-state index is -0.0597. The maximum Gasteiger partial charge on any atom is 0.0506 e. The largest absolute Gasteiger partial charge is 0.0620 e. The van der Waals surface area contributed by atoms with Crippen LogP contribution in [0.5, 0.6) is 0 Å². The average molecular weight is 433 g/mol. The first kappa shape index (κ1) is 17.8. The third-order valence-electron chi connectivity index (χ3n) is 9.79. The van der Waals surface area contributed by atoms with Crippen molar-refractivity contribution in [1.82, 2.24) is 0 Å². The van der Waals surface area contributed by atoms with Crippen molar-refractivity contribution in [3.63, 3.8) is 0 Å². The van der Waals surface area contributed by atoms with Gasteiger partial charge in [-0.25, -0.2) is 0 Å². The van der Waals surface area contributed by atoms with E-state index in [0.717, 1.165) is 5.92 Å². The first-order chi connectivity index (χ1) is 16.9. The number of hydrogen-bond acceptors (Lipinski definition) is 0. The lowest BCUT2D eigenvalue weighted by atomic mass is 9.49. The summed E-state index contributed by atoms with van der Waals surface area (Å²) >= 11 is 0. The zero-order valence-electron chi connectivity index (χ0n) is 18.9. The van der Waals surface area contributed by atoms with Crippen LogP contribution in [0.15, 0.2) is 109 Å². The molecular weight excluding hydrogens is 408 g/mol. The van der Waals surface area contributed by atoms with E-state index in [9.17, 15) is 0 Å². The predicted octanol–water partition coefficient (Wildman–Crippen LogP) is 7.84. The van der Waals surface area contributed by atoms with Gasteiger partial charge in [0.25, 0.3) is 0 Å². The van der Waals surface area contributed by atoms with Gasteiger partial charge in [0.15, 0.2) is 0 Å². The fourth-order valence-electron chi connectivity index (χ4n) is 8.83. The first-order valence-electron chi connectivity index (χ1n) is 12.7. The third kappa shape index (κ3) is 1.78. The number of hydrogen-bond donors (Lipinski definition) is 0. The maximum atomic E-state index is 2.48. The Morgan fingerprint density at radius 2 is 1.26 bits per heavy atom. The van der Waals surface area contributed by atoms with Crippen molar-refractivity contribution in [3.8, 4) is 11.1 Å². The van der Waals surface area contributed by atoms with Crippen LogP contribution < -0.4 is 0 Å². The SMILES string of the molecule is c1ccc2c(c1)C[C@H]1C3c4ccccc4C4(c5ccccc5-c5c4ccc4ccccc54)[C@H]3[C@@H]21. The monoisotopic (exact) mass is 432 g/mol. The van der Waals surface area contributed by atoms with Gasteiger partial charge in [0, 0.05) is 0 Å². The molecule has 0 radical (unpaired) electrons. The lowest BCUT2D eigenvalue weighted by Gasteiger charge is -2.53. The summed E-state index contributed by atoms with van der Waals surface area (Å²) in [5.74, 6) is 2.60. The molecule has 5 aromatic rings. The third-order valence-corrected chi connectivity index (χ3v) is 9.79. The Balaban J connectivity index is 1.43. The summed E-state index contributed by atoms with van der Waals surface area (Å²) in [4.78, 5) is 0. The van der Waals surface area contributed by atoms with Gasteiger partial charge in [0.05, 0.1) is 5.41 Å². The maximum absolute atomic E-state index is 2.48. The van der Waals surface area contributed by atoms with Crippen LogP contribution in [0.1, 0.15) is 45.2 Å². The normalized spacial score (nSPS) is 28.6. The highest BCUT2D eigenvalue weighted by molar-refractivity contribution is 6.03. The Morgan fingerprint density at radius 3 is 2.21 bits per heavy atom. The highest BCUT2D eigenvalue weighted by Crippen LogP contribution is 2.77. The molecule has 1 saturated carbocycles. The van der Waals surface area contributed by atoms with Crippen molar-refractivity contribution in [3.05, 3.63) is 143 Å². The van der Waals surface area contributed by atoms with Crippen LogP contribution in [-0.4, -0.2) is 0 Å². The van der Waals surface area contributed by atoms with Crippen molar-refractivity contribution in [2.24, 2.45) is 11.8 Å². The molecule has 1 fully saturated rings. The molecule has 0 N–H and O–H groups in total. The highest BCUT2D eigenvalue weighted by Gasteiger charge is 2.69. The highest BCUT2D eigenvalue weighted by atomic mass is 14.7. The van der Waals surface area contributed by atoms with Crippen LogP contribution >= 0.6 is 0 Å². The Morgan fingerprint density at radius 1 is 0.559 bits per heavy atom. The molecule has 34 heavy (non-hydrogen) atoms. The minimum Gasteiger partial charge on any atom is -0.0620 e. The molecule has 9 rings (SSSR count). The molecule has 4 aliphatic rings. The molecule has 4 aliphatic carbocycles. The fourth-order valence-corrected chi connectivity index (χ4v) is 8.83. The number of benzene rings is 5.